The summed E-state index contributed by atoms with van der Waals surface area (Å²) >= 11 is 5.97. The Bertz CT molecular complexity index is 888. The van der Waals surface area contributed by atoms with Crippen molar-refractivity contribution in [3.05, 3.63) is 76.6 Å². The maximum atomic E-state index is 12.5. The van der Waals surface area contributed by atoms with Crippen LogP contribution < -0.4 is 10.1 Å². The lowest BCUT2D eigenvalue weighted by Crippen LogP contribution is -2.12. The zero-order chi connectivity index (χ0) is 17.8. The minimum Gasteiger partial charge on any atom is -0.496 e. The minimum absolute atomic E-state index is 0.297. The Kier molecular flexibility index (Phi) is 5.05. The van der Waals surface area contributed by atoms with Crippen LogP contribution in [-0.2, 0) is 6.54 Å². The third-order valence-electron chi connectivity index (χ3n) is 3.76. The monoisotopic (exact) mass is 355 g/mol. The van der Waals surface area contributed by atoms with Gasteiger partial charge in [-0.05, 0) is 30.7 Å². The predicted molar refractivity (Wildman–Crippen MR) is 98.5 cm³/mol. The number of benzene rings is 2. The van der Waals surface area contributed by atoms with Crippen LogP contribution in [0.2, 0.25) is 5.02 Å². The van der Waals surface area contributed by atoms with Gasteiger partial charge in [0.05, 0.1) is 31.1 Å². The lowest BCUT2D eigenvalue weighted by molar-refractivity contribution is 0.102. The molecule has 0 radical (unpaired) electrons. The molecule has 0 aliphatic rings. The smallest absolute Gasteiger partial charge is 0.259 e. The van der Waals surface area contributed by atoms with Gasteiger partial charge in [0.1, 0.15) is 5.75 Å². The molecule has 3 aromatic rings. The molecular weight excluding hydrogens is 338 g/mol. The first-order valence-corrected chi connectivity index (χ1v) is 8.16. The third-order valence-corrected chi connectivity index (χ3v) is 4.00. The summed E-state index contributed by atoms with van der Waals surface area (Å²) in [5.74, 6) is 0.170. The number of nitrogens with zero attached hydrogens (tertiary/aromatic N) is 2. The van der Waals surface area contributed by atoms with Gasteiger partial charge in [-0.15, -0.1) is 0 Å². The largest absolute Gasteiger partial charge is 0.496 e. The van der Waals surface area contributed by atoms with Crippen LogP contribution in [0, 0.1) is 6.92 Å². The number of aryl methyl sites for hydroxylation is 1. The van der Waals surface area contributed by atoms with E-state index in [2.05, 4.69) is 41.6 Å². The molecule has 0 bridgehead atoms. The number of methoxy groups -OCH3 is 1. The number of ether oxygens (including phenoxy) is 1. The van der Waals surface area contributed by atoms with E-state index in [-0.39, 0.29) is 5.91 Å². The Hall–Kier alpha value is -2.79. The Balaban J connectivity index is 1.72. The summed E-state index contributed by atoms with van der Waals surface area (Å²) in [6, 6.07) is 13.2. The summed E-state index contributed by atoms with van der Waals surface area (Å²) in [5.41, 5.74) is 3.34. The van der Waals surface area contributed by atoms with Crippen molar-refractivity contribution in [1.29, 1.82) is 0 Å². The first kappa shape index (κ1) is 17.0. The number of nitrogens with one attached hydrogen (secondary N) is 1. The first-order chi connectivity index (χ1) is 12.0. The van der Waals surface area contributed by atoms with Crippen LogP contribution in [0.4, 0.5) is 5.69 Å². The maximum absolute atomic E-state index is 12.5. The molecule has 1 heterocycles. The molecule has 0 saturated heterocycles. The number of aromatic nitrogens is 2. The summed E-state index contributed by atoms with van der Waals surface area (Å²) < 4.78 is 6.99. The van der Waals surface area contributed by atoms with Gasteiger partial charge in [-0.1, -0.05) is 41.4 Å². The van der Waals surface area contributed by atoms with Crippen molar-refractivity contribution in [2.75, 3.05) is 12.4 Å². The van der Waals surface area contributed by atoms with Gasteiger partial charge in [0.2, 0.25) is 0 Å². The van der Waals surface area contributed by atoms with Crippen LogP contribution in [0.3, 0.4) is 0 Å². The third kappa shape index (κ3) is 4.19. The number of hydrogen-bond donors (Lipinski definition) is 1. The van der Waals surface area contributed by atoms with Crippen molar-refractivity contribution in [2.24, 2.45) is 0 Å². The molecule has 1 aromatic heterocycles. The highest BCUT2D eigenvalue weighted by Gasteiger charge is 2.14. The molecule has 2 aromatic carbocycles. The molecule has 5 nitrogen and oxygen atoms in total. The lowest BCUT2D eigenvalue weighted by atomic mass is 10.1. The van der Waals surface area contributed by atoms with Gasteiger partial charge in [-0.3, -0.25) is 9.48 Å². The van der Waals surface area contributed by atoms with Crippen molar-refractivity contribution in [3.8, 4) is 5.75 Å². The van der Waals surface area contributed by atoms with E-state index in [0.717, 1.165) is 5.56 Å². The second kappa shape index (κ2) is 7.40. The summed E-state index contributed by atoms with van der Waals surface area (Å²) in [7, 11) is 1.51. The molecule has 25 heavy (non-hydrogen) atoms. The Morgan fingerprint density at radius 1 is 1.24 bits per heavy atom. The fraction of sp³-hybridized carbons (Fsp3) is 0.158. The normalized spacial score (nSPS) is 10.5. The van der Waals surface area contributed by atoms with E-state index in [9.17, 15) is 4.79 Å². The molecule has 3 rings (SSSR count). The molecular formula is C19H18ClN3O2. The molecule has 0 fully saturated rings. The van der Waals surface area contributed by atoms with Crippen LogP contribution in [-0.4, -0.2) is 22.8 Å². The zero-order valence-electron chi connectivity index (χ0n) is 14.0. The highest BCUT2D eigenvalue weighted by Crippen LogP contribution is 2.23. The number of anilines is 1. The topological polar surface area (TPSA) is 56.1 Å². The molecule has 0 unspecified atom stereocenters. The zero-order valence-corrected chi connectivity index (χ0v) is 14.7. The molecule has 0 atom stereocenters. The van der Waals surface area contributed by atoms with Crippen molar-refractivity contribution in [2.45, 2.75) is 13.5 Å². The van der Waals surface area contributed by atoms with E-state index < -0.39 is 0 Å². The second-order valence-electron chi connectivity index (χ2n) is 5.71. The van der Waals surface area contributed by atoms with Crippen molar-refractivity contribution in [1.82, 2.24) is 9.78 Å². The van der Waals surface area contributed by atoms with Gasteiger partial charge >= 0.3 is 0 Å². The van der Waals surface area contributed by atoms with Gasteiger partial charge in [0, 0.05) is 11.2 Å². The number of carbonyl (C=O) groups excluding carboxylic acids is 1. The van der Waals surface area contributed by atoms with E-state index in [1.165, 1.54) is 12.7 Å². The van der Waals surface area contributed by atoms with Crippen molar-refractivity contribution in [3.63, 3.8) is 0 Å². The predicted octanol–water partition coefficient (Wildman–Crippen LogP) is 4.15. The number of amides is 1. The maximum Gasteiger partial charge on any atom is 0.259 e. The summed E-state index contributed by atoms with van der Waals surface area (Å²) in [5, 5.41) is 7.57. The fourth-order valence-electron chi connectivity index (χ4n) is 2.45. The standard InChI is InChI=1S/C19H18ClN3O2/c1-13-3-5-14(6-4-13)11-23-12-16(10-21-23)22-19(24)17-9-15(20)7-8-18(17)25-2/h3-10,12H,11H2,1-2H3,(H,22,24). The average Bonchev–Trinajstić information content (AvgIpc) is 3.03. The number of rotatable bonds is 5. The number of carbonyl (C=O) groups is 1. The SMILES string of the molecule is COc1ccc(Cl)cc1C(=O)Nc1cnn(Cc2ccc(C)cc2)c1. The lowest BCUT2D eigenvalue weighted by Gasteiger charge is -2.08. The molecule has 1 amide bonds. The van der Waals surface area contributed by atoms with Gasteiger partial charge in [0.25, 0.3) is 5.91 Å². The summed E-state index contributed by atoms with van der Waals surface area (Å²) in [6.07, 6.45) is 3.40. The molecule has 128 valence electrons. The van der Waals surface area contributed by atoms with E-state index >= 15 is 0 Å². The van der Waals surface area contributed by atoms with Crippen molar-refractivity contribution >= 4 is 23.2 Å². The molecule has 0 spiro atoms. The fourth-order valence-corrected chi connectivity index (χ4v) is 2.62. The number of halogens is 1. The first-order valence-electron chi connectivity index (χ1n) is 7.78. The Labute approximate surface area is 151 Å². The quantitative estimate of drug-likeness (QED) is 0.747. The molecule has 6 heteroatoms. The van der Waals surface area contributed by atoms with E-state index in [1.54, 1.807) is 35.3 Å². The molecule has 1 N–H and O–H groups in total. The Morgan fingerprint density at radius 3 is 2.72 bits per heavy atom. The average molecular weight is 356 g/mol. The Morgan fingerprint density at radius 2 is 2.00 bits per heavy atom. The molecule has 0 aliphatic carbocycles. The van der Waals surface area contributed by atoms with Crippen LogP contribution in [0.5, 0.6) is 5.75 Å². The highest BCUT2D eigenvalue weighted by molar-refractivity contribution is 6.31. The van der Waals surface area contributed by atoms with Crippen LogP contribution >= 0.6 is 11.6 Å². The van der Waals surface area contributed by atoms with Crippen molar-refractivity contribution < 1.29 is 9.53 Å². The molecule has 0 saturated carbocycles. The minimum atomic E-state index is -0.297. The summed E-state index contributed by atoms with van der Waals surface area (Å²) in [4.78, 5) is 12.5. The van der Waals surface area contributed by atoms with Gasteiger partial charge in [0.15, 0.2) is 0 Å². The van der Waals surface area contributed by atoms with E-state index in [1.807, 2.05) is 0 Å². The van der Waals surface area contributed by atoms with E-state index in [0.29, 0.717) is 28.6 Å². The van der Waals surface area contributed by atoms with E-state index in [4.69, 9.17) is 16.3 Å². The second-order valence-corrected chi connectivity index (χ2v) is 6.15. The van der Waals surface area contributed by atoms with Crippen LogP contribution in [0.15, 0.2) is 54.9 Å². The van der Waals surface area contributed by atoms with Gasteiger partial charge in [-0.2, -0.15) is 5.10 Å². The molecule has 0 aliphatic heterocycles. The highest BCUT2D eigenvalue weighted by atomic mass is 35.5. The van der Waals surface area contributed by atoms with Gasteiger partial charge in [-0.25, -0.2) is 0 Å². The number of hydrogen-bond acceptors (Lipinski definition) is 3. The van der Waals surface area contributed by atoms with Crippen LogP contribution in [0.25, 0.3) is 0 Å². The summed E-state index contributed by atoms with van der Waals surface area (Å²) in [6.45, 7) is 2.69. The van der Waals surface area contributed by atoms with Crippen LogP contribution in [0.1, 0.15) is 21.5 Å². The van der Waals surface area contributed by atoms with Gasteiger partial charge < -0.3 is 10.1 Å².